The summed E-state index contributed by atoms with van der Waals surface area (Å²) in [5.41, 5.74) is 8.32. The van der Waals surface area contributed by atoms with Gasteiger partial charge in [-0.05, 0) is 146 Å². The Labute approximate surface area is 473 Å². The van der Waals surface area contributed by atoms with Gasteiger partial charge in [0.05, 0.1) is 11.1 Å². The van der Waals surface area contributed by atoms with Gasteiger partial charge in [-0.1, -0.05) is 107 Å². The van der Waals surface area contributed by atoms with Gasteiger partial charge in [-0.15, -0.1) is 0 Å². The lowest BCUT2D eigenvalue weighted by atomic mass is 9.80. The Bertz CT molecular complexity index is 3030. The Morgan fingerprint density at radius 3 is 1.36 bits per heavy atom. The SMILES string of the molecule is CC(=O)NCCCC1(c2ccccc2)C=C(c2cc(Cl)ccc2F)CN1C(=O)N(C)C.CN(C)C(=O)N1CC(c2cc(Cl)ccc2F)=CC1(CCCN)c1ccccc1.Fc1ccc(Cl)cc1.OB(O)c1cc(Cl)ccc1F. The molecule has 0 fully saturated rings. The molecule has 0 spiro atoms. The highest BCUT2D eigenvalue weighted by atomic mass is 35.5. The number of carbonyl (C=O) groups excluding carboxylic acids is 3. The average molecular weight is 1150 g/mol. The number of benzene rings is 6. The second kappa shape index (κ2) is 29.0. The molecule has 2 atom stereocenters. The Morgan fingerprint density at radius 2 is 0.987 bits per heavy atom. The summed E-state index contributed by atoms with van der Waals surface area (Å²) in [6.07, 6.45) is 6.59. The predicted octanol–water partition coefficient (Wildman–Crippen LogP) is 11.8. The molecule has 6 aromatic carbocycles. The zero-order valence-electron chi connectivity index (χ0n) is 43.7. The highest BCUT2D eigenvalue weighted by Gasteiger charge is 2.46. The van der Waals surface area contributed by atoms with E-state index in [1.165, 1.54) is 72.5 Å². The van der Waals surface area contributed by atoms with Crippen LogP contribution in [0.25, 0.3) is 11.1 Å². The molecule has 5 amide bonds. The van der Waals surface area contributed by atoms with Crippen molar-refractivity contribution < 1.29 is 42.0 Å². The van der Waals surface area contributed by atoms with Crippen molar-refractivity contribution in [1.29, 1.82) is 0 Å². The van der Waals surface area contributed by atoms with Crippen LogP contribution in [0.2, 0.25) is 20.1 Å². The molecular formula is C58H61BCl4F4N6O5. The molecule has 412 valence electrons. The fourth-order valence-corrected chi connectivity index (χ4v) is 9.64. The van der Waals surface area contributed by atoms with E-state index < -0.39 is 24.0 Å². The van der Waals surface area contributed by atoms with E-state index in [1.54, 1.807) is 55.0 Å². The van der Waals surface area contributed by atoms with Gasteiger partial charge in [0.25, 0.3) is 0 Å². The van der Waals surface area contributed by atoms with Crippen LogP contribution in [0.15, 0.2) is 152 Å². The minimum absolute atomic E-state index is 0.0985. The molecule has 2 unspecified atom stereocenters. The lowest BCUT2D eigenvalue weighted by molar-refractivity contribution is -0.119. The molecule has 0 bridgehead atoms. The summed E-state index contributed by atoms with van der Waals surface area (Å²) in [5.74, 6) is -1.76. The van der Waals surface area contributed by atoms with Crippen LogP contribution in [-0.4, -0.2) is 109 Å². The average Bonchev–Trinajstić information content (AvgIpc) is 4.02. The lowest BCUT2D eigenvalue weighted by Gasteiger charge is -2.40. The van der Waals surface area contributed by atoms with Crippen molar-refractivity contribution in [1.82, 2.24) is 24.9 Å². The molecule has 0 aromatic heterocycles. The summed E-state index contributed by atoms with van der Waals surface area (Å²) in [6, 6.07) is 37.5. The number of nitrogens with two attached hydrogens (primary N) is 1. The first-order valence-electron chi connectivity index (χ1n) is 24.6. The molecular weight excluding hydrogens is 1090 g/mol. The van der Waals surface area contributed by atoms with E-state index in [-0.39, 0.29) is 52.5 Å². The first-order chi connectivity index (χ1) is 37.0. The van der Waals surface area contributed by atoms with Gasteiger partial charge in [0.15, 0.2) is 0 Å². The molecule has 0 aliphatic carbocycles. The molecule has 2 heterocycles. The number of halogens is 8. The Kier molecular flexibility index (Phi) is 23.2. The first-order valence-corrected chi connectivity index (χ1v) is 26.1. The van der Waals surface area contributed by atoms with Crippen LogP contribution in [-0.2, 0) is 15.9 Å². The molecule has 8 rings (SSSR count). The maximum absolute atomic E-state index is 14.7. The molecule has 11 nitrogen and oxygen atoms in total. The summed E-state index contributed by atoms with van der Waals surface area (Å²) in [4.78, 5) is 44.3. The van der Waals surface area contributed by atoms with Crippen LogP contribution < -0.4 is 16.5 Å². The maximum atomic E-state index is 14.7. The summed E-state index contributed by atoms with van der Waals surface area (Å²) in [7, 11) is 5.03. The molecule has 20 heteroatoms. The minimum Gasteiger partial charge on any atom is -0.423 e. The second-order valence-corrected chi connectivity index (χ2v) is 20.4. The zero-order chi connectivity index (χ0) is 57.3. The van der Waals surface area contributed by atoms with E-state index in [1.807, 2.05) is 72.8 Å². The number of nitrogens with zero attached hydrogens (tertiary/aromatic N) is 4. The summed E-state index contributed by atoms with van der Waals surface area (Å²) >= 11 is 23.2. The largest absolute Gasteiger partial charge is 0.491 e. The van der Waals surface area contributed by atoms with Gasteiger partial charge in [-0.25, -0.2) is 27.2 Å². The second-order valence-electron chi connectivity index (χ2n) is 18.6. The number of hydrogen-bond acceptors (Lipinski definition) is 6. The number of amides is 5. The van der Waals surface area contributed by atoms with Crippen molar-refractivity contribution in [3.8, 4) is 0 Å². The Morgan fingerprint density at radius 1 is 0.590 bits per heavy atom. The zero-order valence-corrected chi connectivity index (χ0v) is 46.7. The van der Waals surface area contributed by atoms with Crippen LogP contribution in [0.5, 0.6) is 0 Å². The molecule has 5 N–H and O–H groups in total. The number of hydrogen-bond donors (Lipinski definition) is 4. The molecule has 0 radical (unpaired) electrons. The van der Waals surface area contributed by atoms with Gasteiger partial charge in [-0.2, -0.15) is 0 Å². The van der Waals surface area contributed by atoms with E-state index >= 15 is 0 Å². The fourth-order valence-electron chi connectivity index (χ4n) is 8.99. The standard InChI is InChI=1S/C24H27ClFN3O2.C22H25ClFN3O.C6H5BClFO2.C6H4ClF/c1-17(30)27-13-7-12-24(19-8-5-4-6-9-19)15-18(16-29(24)23(31)28(2)3)21-14-20(25)10-11-22(21)26;1-26(2)21(28)27-15-16(19-13-18(23)9-10-20(19)24)14-22(27,11-6-12-25)17-7-4-3-5-8-17;8-4-1-2-6(9)5(3-4)7(10)11;7-5-1-3-6(8)4-2-5/h4-6,8-11,14-15H,7,12-13,16H2,1-3H3,(H,27,30);3-5,7-10,13-14H,6,11-12,15,25H2,1-2H3;1-3,10-11H;1-4H. The Balaban J connectivity index is 0.000000216. The van der Waals surface area contributed by atoms with Gasteiger partial charge in [0.2, 0.25) is 5.91 Å². The quantitative estimate of drug-likeness (QED) is 0.0546. The van der Waals surface area contributed by atoms with Crippen molar-refractivity contribution in [2.24, 2.45) is 5.73 Å². The predicted molar refractivity (Wildman–Crippen MR) is 305 cm³/mol. The number of urea groups is 2. The smallest absolute Gasteiger partial charge is 0.423 e. The topological polar surface area (TPSA) is 143 Å². The minimum atomic E-state index is -1.81. The first kappa shape index (κ1) is 62.5. The lowest BCUT2D eigenvalue weighted by Crippen LogP contribution is -2.49. The maximum Gasteiger partial charge on any atom is 0.491 e. The van der Waals surface area contributed by atoms with Crippen LogP contribution >= 0.6 is 46.4 Å². The number of nitrogens with one attached hydrogen (secondary N) is 1. The van der Waals surface area contributed by atoms with Crippen molar-refractivity contribution in [2.45, 2.75) is 43.7 Å². The molecule has 2 aliphatic rings. The van der Waals surface area contributed by atoms with Crippen LogP contribution in [0, 0.1) is 23.3 Å². The van der Waals surface area contributed by atoms with E-state index in [0.29, 0.717) is 70.7 Å². The monoisotopic (exact) mass is 1150 g/mol. The molecule has 0 saturated heterocycles. The Hall–Kier alpha value is -6.37. The number of carbonyl (C=O) groups is 3. The summed E-state index contributed by atoms with van der Waals surface area (Å²) in [5, 5.41) is 21.7. The van der Waals surface area contributed by atoms with Crippen LogP contribution in [0.3, 0.4) is 0 Å². The van der Waals surface area contributed by atoms with Gasteiger partial charge in [-0.3, -0.25) is 4.79 Å². The summed E-state index contributed by atoms with van der Waals surface area (Å²) in [6.45, 7) is 3.03. The van der Waals surface area contributed by atoms with E-state index in [9.17, 15) is 31.9 Å². The van der Waals surface area contributed by atoms with E-state index in [4.69, 9.17) is 62.2 Å². The highest BCUT2D eigenvalue weighted by Crippen LogP contribution is 2.46. The third-order valence-electron chi connectivity index (χ3n) is 12.7. The van der Waals surface area contributed by atoms with Crippen molar-refractivity contribution >= 4 is 88.1 Å². The van der Waals surface area contributed by atoms with Crippen LogP contribution in [0.4, 0.5) is 27.2 Å². The van der Waals surface area contributed by atoms with E-state index in [2.05, 4.69) is 5.32 Å². The summed E-state index contributed by atoms with van der Waals surface area (Å²) < 4.78 is 53.9. The van der Waals surface area contributed by atoms with Gasteiger partial charge >= 0.3 is 19.2 Å². The van der Waals surface area contributed by atoms with Crippen molar-refractivity contribution in [3.05, 3.63) is 217 Å². The highest BCUT2D eigenvalue weighted by molar-refractivity contribution is 6.59. The van der Waals surface area contributed by atoms with Crippen LogP contribution in [0.1, 0.15) is 54.9 Å². The molecule has 0 saturated carbocycles. The van der Waals surface area contributed by atoms with Crippen molar-refractivity contribution in [3.63, 3.8) is 0 Å². The normalized spacial score (nSPS) is 16.3. The third-order valence-corrected chi connectivity index (χ3v) is 13.6. The van der Waals surface area contributed by atoms with Crippen molar-refractivity contribution in [2.75, 3.05) is 54.4 Å². The third kappa shape index (κ3) is 16.4. The fraction of sp³-hybridized carbons (Fsp3) is 0.259. The molecule has 2 aliphatic heterocycles. The molecule has 78 heavy (non-hydrogen) atoms. The van der Waals surface area contributed by atoms with Gasteiger partial charge in [0, 0.05) is 91.4 Å². The van der Waals surface area contributed by atoms with Gasteiger partial charge < -0.3 is 40.7 Å². The molecule has 6 aromatic rings. The van der Waals surface area contributed by atoms with E-state index in [0.717, 1.165) is 29.2 Å². The number of rotatable bonds is 12. The van der Waals surface area contributed by atoms with Gasteiger partial charge in [0.1, 0.15) is 23.3 Å².